The minimum atomic E-state index is -0.0385. The maximum Gasteiger partial charge on any atom is 0.309 e. The number of allylic oxidation sites excluding steroid dienone is 2. The Morgan fingerprint density at radius 1 is 1.35 bits per heavy atom. The molecule has 1 saturated carbocycles. The second-order valence-electron chi connectivity index (χ2n) is 5.12. The monoisotopic (exact) mass is 238 g/mol. The lowest BCUT2D eigenvalue weighted by molar-refractivity contribution is -0.153. The minimum absolute atomic E-state index is 0.0385. The van der Waals surface area contributed by atoms with E-state index in [0.717, 1.165) is 25.7 Å². The summed E-state index contributed by atoms with van der Waals surface area (Å²) in [5.41, 5.74) is 0. The summed E-state index contributed by atoms with van der Waals surface area (Å²) in [6.45, 7) is 0.450. The van der Waals surface area contributed by atoms with Crippen molar-refractivity contribution in [1.29, 1.82) is 0 Å². The molecular formula is C14H22O3. The Labute approximate surface area is 103 Å². The smallest absolute Gasteiger partial charge is 0.309 e. The molecule has 96 valence electrons. The molecule has 3 atom stereocenters. The van der Waals surface area contributed by atoms with Crippen molar-refractivity contribution in [3.8, 4) is 0 Å². The highest BCUT2D eigenvalue weighted by molar-refractivity contribution is 5.73. The number of hydrogen-bond donors (Lipinski definition) is 1. The van der Waals surface area contributed by atoms with Crippen molar-refractivity contribution in [3.63, 3.8) is 0 Å². The first-order valence-corrected chi connectivity index (χ1v) is 6.77. The van der Waals surface area contributed by atoms with Gasteiger partial charge in [0.2, 0.25) is 0 Å². The first kappa shape index (κ1) is 12.6. The highest BCUT2D eigenvalue weighted by Crippen LogP contribution is 2.41. The van der Waals surface area contributed by atoms with Gasteiger partial charge in [-0.1, -0.05) is 18.6 Å². The number of aliphatic hydroxyl groups excluding tert-OH is 1. The summed E-state index contributed by atoms with van der Waals surface area (Å²) >= 11 is 0. The van der Waals surface area contributed by atoms with E-state index in [1.807, 2.05) is 0 Å². The van der Waals surface area contributed by atoms with Gasteiger partial charge in [0, 0.05) is 13.0 Å². The normalized spacial score (nSPS) is 31.9. The van der Waals surface area contributed by atoms with Crippen molar-refractivity contribution in [1.82, 2.24) is 0 Å². The molecule has 2 aliphatic carbocycles. The van der Waals surface area contributed by atoms with E-state index >= 15 is 0 Å². The summed E-state index contributed by atoms with van der Waals surface area (Å²) in [5, 5.41) is 8.68. The van der Waals surface area contributed by atoms with Gasteiger partial charge in [-0.15, -0.1) is 0 Å². The Morgan fingerprint density at radius 3 is 3.06 bits per heavy atom. The Hall–Kier alpha value is -0.830. The lowest BCUT2D eigenvalue weighted by Crippen LogP contribution is -2.35. The van der Waals surface area contributed by atoms with Gasteiger partial charge in [-0.25, -0.2) is 0 Å². The molecule has 1 fully saturated rings. The maximum absolute atomic E-state index is 12.0. The number of rotatable bonds is 4. The van der Waals surface area contributed by atoms with Crippen molar-refractivity contribution >= 4 is 5.97 Å². The second kappa shape index (κ2) is 6.20. The van der Waals surface area contributed by atoms with Gasteiger partial charge < -0.3 is 9.84 Å². The predicted octanol–water partition coefficient (Wildman–Crippen LogP) is 2.29. The van der Waals surface area contributed by atoms with E-state index in [4.69, 9.17) is 9.84 Å². The van der Waals surface area contributed by atoms with Crippen molar-refractivity contribution in [2.45, 2.75) is 38.5 Å². The summed E-state index contributed by atoms with van der Waals surface area (Å²) < 4.78 is 5.25. The highest BCUT2D eigenvalue weighted by atomic mass is 16.5. The van der Waals surface area contributed by atoms with Crippen LogP contribution in [0.25, 0.3) is 0 Å². The fourth-order valence-corrected chi connectivity index (χ4v) is 3.15. The molecule has 0 bridgehead atoms. The third-order valence-electron chi connectivity index (χ3n) is 4.02. The summed E-state index contributed by atoms with van der Waals surface area (Å²) in [7, 11) is 0. The lowest BCUT2D eigenvalue weighted by Gasteiger charge is -2.37. The number of carbonyl (C=O) groups excluding carboxylic acids is 1. The van der Waals surface area contributed by atoms with Crippen LogP contribution in [0.1, 0.15) is 38.5 Å². The first-order valence-electron chi connectivity index (χ1n) is 6.77. The fourth-order valence-electron chi connectivity index (χ4n) is 3.15. The van der Waals surface area contributed by atoms with Gasteiger partial charge in [-0.2, -0.15) is 0 Å². The molecule has 2 rings (SSSR count). The molecule has 17 heavy (non-hydrogen) atoms. The number of ether oxygens (including phenoxy) is 1. The van der Waals surface area contributed by atoms with E-state index < -0.39 is 0 Å². The second-order valence-corrected chi connectivity index (χ2v) is 5.12. The molecule has 3 heteroatoms. The number of esters is 1. The van der Waals surface area contributed by atoms with Crippen LogP contribution in [0.15, 0.2) is 12.2 Å². The first-order chi connectivity index (χ1) is 8.33. The number of carbonyl (C=O) groups is 1. The SMILES string of the molecule is O=C(OCCCO)C1CCCC2C=CCCC21. The highest BCUT2D eigenvalue weighted by Gasteiger charge is 2.37. The van der Waals surface area contributed by atoms with Crippen molar-refractivity contribution in [3.05, 3.63) is 12.2 Å². The average Bonchev–Trinajstić information content (AvgIpc) is 2.38. The molecule has 0 aromatic heterocycles. The van der Waals surface area contributed by atoms with Gasteiger partial charge in [0.05, 0.1) is 12.5 Å². The zero-order valence-electron chi connectivity index (χ0n) is 10.3. The van der Waals surface area contributed by atoms with E-state index in [9.17, 15) is 4.79 Å². The third-order valence-corrected chi connectivity index (χ3v) is 4.02. The lowest BCUT2D eigenvalue weighted by atomic mass is 9.68. The standard InChI is InChI=1S/C14H22O3/c15-9-4-10-17-14(16)13-8-3-6-11-5-1-2-7-12(11)13/h1,5,11-13,15H,2-4,6-10H2. The third kappa shape index (κ3) is 3.09. The molecule has 0 spiro atoms. The van der Waals surface area contributed by atoms with E-state index in [1.54, 1.807) is 0 Å². The quantitative estimate of drug-likeness (QED) is 0.464. The number of fused-ring (bicyclic) bond motifs is 1. The Bertz CT molecular complexity index is 285. The molecule has 0 saturated heterocycles. The zero-order valence-corrected chi connectivity index (χ0v) is 10.3. The Balaban J connectivity index is 1.90. The van der Waals surface area contributed by atoms with Crippen molar-refractivity contribution in [2.24, 2.45) is 17.8 Å². The number of hydrogen-bond acceptors (Lipinski definition) is 3. The van der Waals surface area contributed by atoms with Crippen LogP contribution in [0.5, 0.6) is 0 Å². The molecule has 3 nitrogen and oxygen atoms in total. The summed E-state index contributed by atoms with van der Waals surface area (Å²) in [5.74, 6) is 1.14. The Morgan fingerprint density at radius 2 is 2.24 bits per heavy atom. The van der Waals surface area contributed by atoms with Gasteiger partial charge in [0.25, 0.3) is 0 Å². The molecule has 0 radical (unpaired) electrons. The minimum Gasteiger partial charge on any atom is -0.465 e. The molecule has 0 aliphatic heterocycles. The van der Waals surface area contributed by atoms with Crippen molar-refractivity contribution in [2.75, 3.05) is 13.2 Å². The molecule has 0 aromatic carbocycles. The molecule has 0 heterocycles. The largest absolute Gasteiger partial charge is 0.465 e. The van der Waals surface area contributed by atoms with Gasteiger partial charge in [0.15, 0.2) is 0 Å². The molecule has 2 aliphatic rings. The summed E-state index contributed by atoms with van der Waals surface area (Å²) in [4.78, 5) is 12.0. The van der Waals surface area contributed by atoms with Crippen LogP contribution in [0.2, 0.25) is 0 Å². The maximum atomic E-state index is 12.0. The van der Waals surface area contributed by atoms with Crippen LogP contribution in [-0.2, 0) is 9.53 Å². The average molecular weight is 238 g/mol. The van der Waals surface area contributed by atoms with Crippen LogP contribution < -0.4 is 0 Å². The summed E-state index contributed by atoms with van der Waals surface area (Å²) in [6, 6.07) is 0. The number of aliphatic hydroxyl groups is 1. The van der Waals surface area contributed by atoms with Crippen LogP contribution in [0, 0.1) is 17.8 Å². The zero-order chi connectivity index (χ0) is 12.1. The molecule has 0 amide bonds. The Kier molecular flexibility index (Phi) is 4.60. The van der Waals surface area contributed by atoms with Gasteiger partial charge in [-0.3, -0.25) is 4.79 Å². The van der Waals surface area contributed by atoms with Crippen LogP contribution >= 0.6 is 0 Å². The molecular weight excluding hydrogens is 216 g/mol. The van der Waals surface area contributed by atoms with Gasteiger partial charge >= 0.3 is 5.97 Å². The van der Waals surface area contributed by atoms with Crippen LogP contribution in [0.3, 0.4) is 0 Å². The van der Waals surface area contributed by atoms with E-state index in [0.29, 0.717) is 24.9 Å². The summed E-state index contributed by atoms with van der Waals surface area (Å²) in [6.07, 6.45) is 10.6. The van der Waals surface area contributed by atoms with Gasteiger partial charge in [-0.05, 0) is 37.5 Å². The molecule has 1 N–H and O–H groups in total. The topological polar surface area (TPSA) is 46.5 Å². The predicted molar refractivity (Wildman–Crippen MR) is 65.4 cm³/mol. The van der Waals surface area contributed by atoms with Crippen LogP contribution in [-0.4, -0.2) is 24.3 Å². The molecule has 0 aromatic rings. The van der Waals surface area contributed by atoms with E-state index in [-0.39, 0.29) is 18.5 Å². The molecule has 3 unspecified atom stereocenters. The fraction of sp³-hybridized carbons (Fsp3) is 0.786. The van der Waals surface area contributed by atoms with Crippen molar-refractivity contribution < 1.29 is 14.6 Å². The van der Waals surface area contributed by atoms with E-state index in [1.165, 1.54) is 6.42 Å². The van der Waals surface area contributed by atoms with E-state index in [2.05, 4.69) is 12.2 Å². The van der Waals surface area contributed by atoms with Crippen LogP contribution in [0.4, 0.5) is 0 Å². The van der Waals surface area contributed by atoms with Gasteiger partial charge in [0.1, 0.15) is 0 Å².